The maximum absolute atomic E-state index is 5.61. The summed E-state index contributed by atoms with van der Waals surface area (Å²) in [6.45, 7) is 3.66. The van der Waals surface area contributed by atoms with Gasteiger partial charge in [0.25, 0.3) is 0 Å². The Hall–Kier alpha value is -1.57. The molecule has 0 aliphatic carbocycles. The van der Waals surface area contributed by atoms with Crippen LogP contribution in [0.5, 0.6) is 0 Å². The van der Waals surface area contributed by atoms with Gasteiger partial charge in [-0.15, -0.1) is 0 Å². The van der Waals surface area contributed by atoms with Gasteiger partial charge < -0.3 is 5.73 Å². The van der Waals surface area contributed by atoms with E-state index in [2.05, 4.69) is 11.6 Å². The van der Waals surface area contributed by atoms with Crippen molar-refractivity contribution in [3.05, 3.63) is 42.0 Å². The zero-order chi connectivity index (χ0) is 8.97. The Kier molecular flexibility index (Phi) is 2.64. The molecular formula is C10H12N2. The van der Waals surface area contributed by atoms with Gasteiger partial charge in [-0.3, -0.25) is 4.99 Å². The Bertz CT molecular complexity index is 296. The van der Waals surface area contributed by atoms with Gasteiger partial charge in [0.05, 0.1) is 0 Å². The topological polar surface area (TPSA) is 38.4 Å². The molecule has 0 amide bonds. The summed E-state index contributed by atoms with van der Waals surface area (Å²) in [5, 5.41) is 0. The number of hydrogen-bond acceptors (Lipinski definition) is 1. The molecule has 0 unspecified atom stereocenters. The van der Waals surface area contributed by atoms with Gasteiger partial charge in [-0.25, -0.2) is 0 Å². The maximum Gasteiger partial charge on any atom is 0.125 e. The van der Waals surface area contributed by atoms with Gasteiger partial charge in [-0.05, 0) is 5.56 Å². The fourth-order valence-corrected chi connectivity index (χ4v) is 0.919. The van der Waals surface area contributed by atoms with Crippen LogP contribution in [0.25, 0.3) is 6.08 Å². The first kappa shape index (κ1) is 8.53. The van der Waals surface area contributed by atoms with Gasteiger partial charge in [0.2, 0.25) is 0 Å². The number of benzene rings is 1. The Morgan fingerprint density at radius 3 is 2.42 bits per heavy atom. The molecule has 62 valence electrons. The van der Waals surface area contributed by atoms with Crippen molar-refractivity contribution in [2.45, 2.75) is 0 Å². The smallest absolute Gasteiger partial charge is 0.125 e. The average molecular weight is 160 g/mol. The zero-order valence-electron chi connectivity index (χ0n) is 7.12. The third-order valence-corrected chi connectivity index (χ3v) is 1.68. The Labute approximate surface area is 72.4 Å². The van der Waals surface area contributed by atoms with E-state index in [0.717, 1.165) is 11.1 Å². The Morgan fingerprint density at radius 1 is 1.42 bits per heavy atom. The van der Waals surface area contributed by atoms with Crippen LogP contribution in [0, 0.1) is 0 Å². The SMILES string of the molecule is C=Cc1ccc(C(N)=NC)cc1. The van der Waals surface area contributed by atoms with Crippen molar-refractivity contribution in [2.24, 2.45) is 10.7 Å². The fraction of sp³-hybridized carbons (Fsp3) is 0.100. The highest BCUT2D eigenvalue weighted by molar-refractivity contribution is 5.97. The van der Waals surface area contributed by atoms with Crippen molar-refractivity contribution in [3.8, 4) is 0 Å². The second-order valence-electron chi connectivity index (χ2n) is 2.43. The van der Waals surface area contributed by atoms with Crippen LogP contribution in [0.3, 0.4) is 0 Å². The van der Waals surface area contributed by atoms with Crippen LogP contribution in [0.2, 0.25) is 0 Å². The normalized spacial score (nSPS) is 11.2. The molecule has 0 heterocycles. The number of rotatable bonds is 2. The van der Waals surface area contributed by atoms with Crippen LogP contribution in [-0.2, 0) is 0 Å². The second kappa shape index (κ2) is 3.72. The predicted octanol–water partition coefficient (Wildman–Crippen LogP) is 1.66. The molecule has 0 bridgehead atoms. The van der Waals surface area contributed by atoms with E-state index in [1.165, 1.54) is 0 Å². The second-order valence-corrected chi connectivity index (χ2v) is 2.43. The van der Waals surface area contributed by atoms with Gasteiger partial charge in [-0.2, -0.15) is 0 Å². The maximum atomic E-state index is 5.61. The number of amidine groups is 1. The van der Waals surface area contributed by atoms with E-state index < -0.39 is 0 Å². The molecule has 2 heteroatoms. The summed E-state index contributed by atoms with van der Waals surface area (Å²) in [6, 6.07) is 7.78. The van der Waals surface area contributed by atoms with E-state index in [9.17, 15) is 0 Å². The van der Waals surface area contributed by atoms with Crippen LogP contribution in [0.4, 0.5) is 0 Å². The van der Waals surface area contributed by atoms with Gasteiger partial charge in [0.1, 0.15) is 5.84 Å². The van der Waals surface area contributed by atoms with Crippen LogP contribution in [-0.4, -0.2) is 12.9 Å². The van der Waals surface area contributed by atoms with Crippen LogP contribution >= 0.6 is 0 Å². The molecule has 0 saturated carbocycles. The van der Waals surface area contributed by atoms with E-state index in [4.69, 9.17) is 5.73 Å². The van der Waals surface area contributed by atoms with Gasteiger partial charge in [-0.1, -0.05) is 36.9 Å². The number of nitrogens with two attached hydrogens (primary N) is 1. The van der Waals surface area contributed by atoms with E-state index in [1.54, 1.807) is 13.1 Å². The van der Waals surface area contributed by atoms with E-state index in [-0.39, 0.29) is 0 Å². The Balaban J connectivity index is 2.99. The molecule has 0 aliphatic heterocycles. The number of nitrogens with zero attached hydrogens (tertiary/aromatic N) is 1. The molecule has 12 heavy (non-hydrogen) atoms. The minimum absolute atomic E-state index is 0.561. The lowest BCUT2D eigenvalue weighted by Crippen LogP contribution is -2.12. The lowest BCUT2D eigenvalue weighted by atomic mass is 10.1. The molecule has 0 saturated heterocycles. The molecule has 1 rings (SSSR count). The van der Waals surface area contributed by atoms with Crippen LogP contribution < -0.4 is 5.73 Å². The highest BCUT2D eigenvalue weighted by Crippen LogP contribution is 2.04. The quantitative estimate of drug-likeness (QED) is 0.518. The van der Waals surface area contributed by atoms with Crippen molar-refractivity contribution >= 4 is 11.9 Å². The minimum atomic E-state index is 0.561. The molecule has 1 aromatic carbocycles. The van der Waals surface area contributed by atoms with Crippen molar-refractivity contribution < 1.29 is 0 Å². The van der Waals surface area contributed by atoms with Crippen molar-refractivity contribution in [2.75, 3.05) is 7.05 Å². The third-order valence-electron chi connectivity index (χ3n) is 1.68. The molecule has 0 atom stereocenters. The molecule has 0 aromatic heterocycles. The highest BCUT2D eigenvalue weighted by Gasteiger charge is 1.94. The van der Waals surface area contributed by atoms with Crippen LogP contribution in [0.1, 0.15) is 11.1 Å². The van der Waals surface area contributed by atoms with Crippen LogP contribution in [0.15, 0.2) is 35.8 Å². The summed E-state index contributed by atoms with van der Waals surface area (Å²) in [5.74, 6) is 0.561. The first-order chi connectivity index (χ1) is 5.77. The molecule has 2 N–H and O–H groups in total. The summed E-state index contributed by atoms with van der Waals surface area (Å²) in [5.41, 5.74) is 7.64. The average Bonchev–Trinajstić information content (AvgIpc) is 2.17. The van der Waals surface area contributed by atoms with Crippen molar-refractivity contribution in [3.63, 3.8) is 0 Å². The Morgan fingerprint density at radius 2 is 2.00 bits per heavy atom. The summed E-state index contributed by atoms with van der Waals surface area (Å²) in [4.78, 5) is 3.88. The van der Waals surface area contributed by atoms with E-state index in [1.807, 2.05) is 24.3 Å². The van der Waals surface area contributed by atoms with Crippen molar-refractivity contribution in [1.82, 2.24) is 0 Å². The summed E-state index contributed by atoms with van der Waals surface area (Å²) in [7, 11) is 1.68. The molecule has 0 fully saturated rings. The zero-order valence-corrected chi connectivity index (χ0v) is 7.12. The van der Waals surface area contributed by atoms with E-state index >= 15 is 0 Å². The summed E-state index contributed by atoms with van der Waals surface area (Å²) < 4.78 is 0. The molecule has 0 spiro atoms. The lowest BCUT2D eigenvalue weighted by molar-refractivity contribution is 1.39. The largest absolute Gasteiger partial charge is 0.384 e. The van der Waals surface area contributed by atoms with E-state index in [0.29, 0.717) is 5.84 Å². The van der Waals surface area contributed by atoms with Crippen molar-refractivity contribution in [1.29, 1.82) is 0 Å². The summed E-state index contributed by atoms with van der Waals surface area (Å²) in [6.07, 6.45) is 1.79. The lowest BCUT2D eigenvalue weighted by Gasteiger charge is -1.99. The minimum Gasteiger partial charge on any atom is -0.384 e. The van der Waals surface area contributed by atoms with Gasteiger partial charge in [0.15, 0.2) is 0 Å². The fourth-order valence-electron chi connectivity index (χ4n) is 0.919. The predicted molar refractivity (Wildman–Crippen MR) is 53.2 cm³/mol. The molecule has 0 radical (unpaired) electrons. The molecule has 2 nitrogen and oxygen atoms in total. The third kappa shape index (κ3) is 1.72. The standard InChI is InChI=1S/C10H12N2/c1-3-8-4-6-9(7-5-8)10(11)12-2/h3-7H,1H2,2H3,(H2,11,12). The first-order valence-electron chi connectivity index (χ1n) is 3.73. The monoisotopic (exact) mass is 160 g/mol. The molecule has 0 aliphatic rings. The first-order valence-corrected chi connectivity index (χ1v) is 3.73. The molecule has 1 aromatic rings. The molecular weight excluding hydrogens is 148 g/mol. The number of aliphatic imine (C=N–C) groups is 1. The highest BCUT2D eigenvalue weighted by atomic mass is 14.8. The van der Waals surface area contributed by atoms with Gasteiger partial charge in [0, 0.05) is 12.6 Å². The van der Waals surface area contributed by atoms with Gasteiger partial charge >= 0.3 is 0 Å². The number of hydrogen-bond donors (Lipinski definition) is 1. The summed E-state index contributed by atoms with van der Waals surface area (Å²) >= 11 is 0.